The molecule has 0 radical (unpaired) electrons. The summed E-state index contributed by atoms with van der Waals surface area (Å²) >= 11 is 0. The molecule has 9 nitrogen and oxygen atoms in total. The van der Waals surface area contributed by atoms with Gasteiger partial charge in [0.15, 0.2) is 11.2 Å². The van der Waals surface area contributed by atoms with Gasteiger partial charge in [0.05, 0.1) is 19.1 Å². The molecule has 1 N–H and O–H groups in total. The minimum atomic E-state index is -0.371. The summed E-state index contributed by atoms with van der Waals surface area (Å²) in [4.78, 5) is 28.5. The van der Waals surface area contributed by atoms with Gasteiger partial charge in [-0.05, 0) is 19.4 Å². The minimum Gasteiger partial charge on any atom is -0.323 e. The maximum absolute atomic E-state index is 12.4. The average Bonchev–Trinajstić information content (AvgIpc) is 3.17. The molecule has 0 aliphatic heterocycles. The molecule has 0 amide bonds. The Morgan fingerprint density at radius 3 is 2.68 bits per heavy atom. The molecular formula is C16H23N7O2. The Morgan fingerprint density at radius 2 is 2.00 bits per heavy atom. The Bertz CT molecular complexity index is 1010. The third-order valence-corrected chi connectivity index (χ3v) is 4.29. The highest BCUT2D eigenvalue weighted by molar-refractivity contribution is 5.69. The molecule has 0 aliphatic rings. The third kappa shape index (κ3) is 3.27. The number of hydrogen-bond donors (Lipinski definition) is 1. The molecule has 0 spiro atoms. The highest BCUT2D eigenvalue weighted by Gasteiger charge is 2.14. The lowest BCUT2D eigenvalue weighted by atomic mass is 10.3. The molecule has 0 saturated heterocycles. The van der Waals surface area contributed by atoms with Crippen molar-refractivity contribution in [2.75, 3.05) is 6.54 Å². The van der Waals surface area contributed by atoms with Crippen LogP contribution in [-0.4, -0.2) is 41.1 Å². The molecule has 0 saturated carbocycles. The number of rotatable bonds is 6. The van der Waals surface area contributed by atoms with Crippen molar-refractivity contribution in [1.82, 2.24) is 33.8 Å². The lowest BCUT2D eigenvalue weighted by Gasteiger charge is -2.14. The van der Waals surface area contributed by atoms with E-state index >= 15 is 0 Å². The Morgan fingerprint density at radius 1 is 1.24 bits per heavy atom. The molecule has 1 atom stereocenters. The molecular weight excluding hydrogens is 322 g/mol. The van der Waals surface area contributed by atoms with Gasteiger partial charge in [0.1, 0.15) is 0 Å². The van der Waals surface area contributed by atoms with Crippen LogP contribution in [-0.2, 0) is 27.2 Å². The van der Waals surface area contributed by atoms with Crippen molar-refractivity contribution in [2.24, 2.45) is 14.1 Å². The summed E-state index contributed by atoms with van der Waals surface area (Å²) in [5.74, 6) is 0. The molecule has 0 fully saturated rings. The largest absolute Gasteiger partial charge is 0.332 e. The van der Waals surface area contributed by atoms with Crippen molar-refractivity contribution in [3.05, 3.63) is 45.1 Å². The van der Waals surface area contributed by atoms with Crippen molar-refractivity contribution in [3.63, 3.8) is 0 Å². The molecule has 1 unspecified atom stereocenters. The highest BCUT2D eigenvalue weighted by Crippen LogP contribution is 2.05. The van der Waals surface area contributed by atoms with E-state index in [1.54, 1.807) is 17.9 Å². The first-order valence-corrected chi connectivity index (χ1v) is 8.21. The van der Waals surface area contributed by atoms with Gasteiger partial charge in [-0.1, -0.05) is 0 Å². The second kappa shape index (κ2) is 6.67. The number of fused-ring (bicyclic) bond motifs is 1. The van der Waals surface area contributed by atoms with Crippen LogP contribution in [0, 0.1) is 6.92 Å². The Hall–Kier alpha value is -2.68. The summed E-state index contributed by atoms with van der Waals surface area (Å²) in [5, 5.41) is 7.70. The summed E-state index contributed by atoms with van der Waals surface area (Å²) in [6, 6.07) is 0.237. The van der Waals surface area contributed by atoms with Gasteiger partial charge in [-0.25, -0.2) is 9.78 Å². The molecule has 9 heteroatoms. The van der Waals surface area contributed by atoms with Crippen molar-refractivity contribution in [3.8, 4) is 0 Å². The van der Waals surface area contributed by atoms with Crippen LogP contribution >= 0.6 is 0 Å². The van der Waals surface area contributed by atoms with Crippen LogP contribution in [0.1, 0.15) is 12.5 Å². The van der Waals surface area contributed by atoms with Gasteiger partial charge in [-0.15, -0.1) is 0 Å². The fourth-order valence-electron chi connectivity index (χ4n) is 2.91. The lowest BCUT2D eigenvalue weighted by Crippen LogP contribution is -2.38. The topological polar surface area (TPSA) is 91.7 Å². The fraction of sp³-hybridized carbons (Fsp3) is 0.500. The normalized spacial score (nSPS) is 12.8. The number of imidazole rings is 1. The van der Waals surface area contributed by atoms with E-state index in [2.05, 4.69) is 22.3 Å². The van der Waals surface area contributed by atoms with Crippen molar-refractivity contribution in [2.45, 2.75) is 33.0 Å². The predicted octanol–water partition coefficient (Wildman–Crippen LogP) is -0.383. The smallest absolute Gasteiger partial charge is 0.323 e. The maximum atomic E-state index is 12.4. The van der Waals surface area contributed by atoms with E-state index in [1.807, 2.05) is 24.0 Å². The third-order valence-electron chi connectivity index (χ3n) is 4.29. The van der Waals surface area contributed by atoms with Gasteiger partial charge >= 0.3 is 5.69 Å². The summed E-state index contributed by atoms with van der Waals surface area (Å²) in [6.45, 7) is 6.14. The fourth-order valence-corrected chi connectivity index (χ4v) is 2.91. The standard InChI is InChI=1S/C16H23N7O2/c1-11-7-19-23(8-11)9-12(2)17-5-6-22-10-18-14-13(22)15(24)21(4)16(25)20(14)3/h7-8,10,12,17H,5-6,9H2,1-4H3. The van der Waals surface area contributed by atoms with Crippen molar-refractivity contribution < 1.29 is 0 Å². The van der Waals surface area contributed by atoms with Crippen molar-refractivity contribution >= 4 is 11.2 Å². The zero-order valence-corrected chi connectivity index (χ0v) is 14.9. The van der Waals surface area contributed by atoms with E-state index < -0.39 is 0 Å². The summed E-state index contributed by atoms with van der Waals surface area (Å²) in [7, 11) is 3.10. The second-order valence-corrected chi connectivity index (χ2v) is 6.41. The van der Waals surface area contributed by atoms with Gasteiger partial charge < -0.3 is 9.88 Å². The number of nitrogens with one attached hydrogen (secondary N) is 1. The Balaban J connectivity index is 1.70. The Labute approximate surface area is 144 Å². The van der Waals surface area contributed by atoms with Crippen LogP contribution in [0.2, 0.25) is 0 Å². The number of aryl methyl sites for hydroxylation is 2. The van der Waals surface area contributed by atoms with E-state index in [1.165, 1.54) is 11.6 Å². The zero-order chi connectivity index (χ0) is 18.1. The van der Waals surface area contributed by atoms with Crippen molar-refractivity contribution in [1.29, 1.82) is 0 Å². The highest BCUT2D eigenvalue weighted by atomic mass is 16.2. The summed E-state index contributed by atoms with van der Waals surface area (Å²) in [6.07, 6.45) is 5.45. The lowest BCUT2D eigenvalue weighted by molar-refractivity contribution is 0.441. The van der Waals surface area contributed by atoms with Gasteiger partial charge in [0.2, 0.25) is 0 Å². The van der Waals surface area contributed by atoms with Gasteiger partial charge in [0, 0.05) is 39.4 Å². The predicted molar refractivity (Wildman–Crippen MR) is 94.6 cm³/mol. The van der Waals surface area contributed by atoms with Gasteiger partial charge in [-0.3, -0.25) is 18.6 Å². The average molecular weight is 345 g/mol. The maximum Gasteiger partial charge on any atom is 0.332 e. The Kier molecular flexibility index (Phi) is 4.58. The minimum absolute atomic E-state index is 0.237. The van der Waals surface area contributed by atoms with E-state index in [9.17, 15) is 9.59 Å². The number of nitrogens with zero attached hydrogens (tertiary/aromatic N) is 6. The number of aromatic nitrogens is 6. The van der Waals surface area contributed by atoms with E-state index in [0.29, 0.717) is 24.3 Å². The molecule has 0 aromatic carbocycles. The summed E-state index contributed by atoms with van der Waals surface area (Å²) < 4.78 is 6.19. The summed E-state index contributed by atoms with van der Waals surface area (Å²) in [5.41, 5.74) is 1.30. The van der Waals surface area contributed by atoms with Crippen LogP contribution in [0.15, 0.2) is 28.3 Å². The molecule has 0 aliphatic carbocycles. The van der Waals surface area contributed by atoms with Crippen LogP contribution in [0.25, 0.3) is 11.2 Å². The van der Waals surface area contributed by atoms with Gasteiger partial charge in [0.25, 0.3) is 5.56 Å². The van der Waals surface area contributed by atoms with Crippen LogP contribution in [0.5, 0.6) is 0 Å². The molecule has 3 aromatic rings. The van der Waals surface area contributed by atoms with E-state index in [0.717, 1.165) is 16.7 Å². The molecule has 3 rings (SSSR count). The monoisotopic (exact) mass is 345 g/mol. The molecule has 3 heterocycles. The molecule has 25 heavy (non-hydrogen) atoms. The van der Waals surface area contributed by atoms with Crippen LogP contribution in [0.3, 0.4) is 0 Å². The van der Waals surface area contributed by atoms with E-state index in [4.69, 9.17) is 0 Å². The first kappa shape index (κ1) is 17.2. The van der Waals surface area contributed by atoms with Gasteiger partial charge in [-0.2, -0.15) is 5.10 Å². The SMILES string of the molecule is Cc1cnn(CC(C)NCCn2cnc3c2c(=O)n(C)c(=O)n3C)c1. The number of hydrogen-bond acceptors (Lipinski definition) is 5. The van der Waals surface area contributed by atoms with Crippen LogP contribution in [0.4, 0.5) is 0 Å². The quantitative estimate of drug-likeness (QED) is 0.657. The first-order valence-electron chi connectivity index (χ1n) is 8.21. The van der Waals surface area contributed by atoms with E-state index in [-0.39, 0.29) is 17.3 Å². The molecule has 3 aromatic heterocycles. The molecule has 134 valence electrons. The first-order chi connectivity index (χ1) is 11.9. The zero-order valence-electron chi connectivity index (χ0n) is 14.9. The molecule has 0 bridgehead atoms. The second-order valence-electron chi connectivity index (χ2n) is 6.41. The van der Waals surface area contributed by atoms with Crippen LogP contribution < -0.4 is 16.6 Å².